The molecule has 1 aliphatic carbocycles. The molecule has 2 atom stereocenters. The minimum atomic E-state index is -0.698. The van der Waals surface area contributed by atoms with Crippen LogP contribution in [0.15, 0.2) is 16.8 Å². The first-order valence-electron chi connectivity index (χ1n) is 7.64. The smallest absolute Gasteiger partial charge is 0.248 e. The molecule has 1 aromatic rings. The minimum absolute atomic E-state index is 0.00304. The van der Waals surface area contributed by atoms with Crippen molar-refractivity contribution in [1.29, 1.82) is 0 Å². The fraction of sp³-hybridized carbons (Fsp3) is 0.625. The molecule has 2 fully saturated rings. The van der Waals surface area contributed by atoms with Crippen LogP contribution in [0.4, 0.5) is 0 Å². The fourth-order valence-electron chi connectivity index (χ4n) is 3.21. The van der Waals surface area contributed by atoms with Gasteiger partial charge in [-0.2, -0.15) is 11.3 Å². The molecule has 1 aromatic heterocycles. The number of rotatable bonds is 4. The molecular weight excluding hydrogens is 284 g/mol. The van der Waals surface area contributed by atoms with Crippen molar-refractivity contribution in [3.8, 4) is 0 Å². The van der Waals surface area contributed by atoms with Crippen LogP contribution in [0.1, 0.15) is 38.7 Å². The molecule has 1 aliphatic heterocycles. The highest BCUT2D eigenvalue weighted by Gasteiger charge is 2.52. The summed E-state index contributed by atoms with van der Waals surface area (Å²) in [6.07, 6.45) is 3.33. The number of carbonyl (C=O) groups is 2. The van der Waals surface area contributed by atoms with Crippen LogP contribution in [0, 0.1) is 5.92 Å². The summed E-state index contributed by atoms with van der Waals surface area (Å²) in [5, 5.41) is 7.17. The summed E-state index contributed by atoms with van der Waals surface area (Å²) in [6.45, 7) is 4.57. The van der Waals surface area contributed by atoms with Gasteiger partial charge in [0, 0.05) is 19.0 Å². The lowest BCUT2D eigenvalue weighted by Crippen LogP contribution is -2.57. The molecule has 1 N–H and O–H groups in total. The van der Waals surface area contributed by atoms with Gasteiger partial charge < -0.3 is 10.2 Å². The van der Waals surface area contributed by atoms with Gasteiger partial charge in [-0.15, -0.1) is 0 Å². The quantitative estimate of drug-likeness (QED) is 0.927. The third-order valence-electron chi connectivity index (χ3n) is 4.73. The van der Waals surface area contributed by atoms with Gasteiger partial charge in [-0.3, -0.25) is 9.59 Å². The average Bonchev–Trinajstić information content (AvgIpc) is 3.17. The van der Waals surface area contributed by atoms with Gasteiger partial charge in [0.25, 0.3) is 0 Å². The van der Waals surface area contributed by atoms with Crippen LogP contribution in [-0.4, -0.2) is 34.8 Å². The van der Waals surface area contributed by atoms with Crippen molar-refractivity contribution in [2.24, 2.45) is 5.92 Å². The Hall–Kier alpha value is -1.36. The van der Waals surface area contributed by atoms with Crippen molar-refractivity contribution >= 4 is 23.2 Å². The van der Waals surface area contributed by atoms with E-state index in [0.29, 0.717) is 18.9 Å². The molecule has 114 valence electrons. The SMILES string of the molecule is CC1CC(=O)NC(C)(C2CC2)C(=O)N1CCc1ccsc1. The lowest BCUT2D eigenvalue weighted by Gasteiger charge is -2.34. The zero-order chi connectivity index (χ0) is 15.0. The Morgan fingerprint density at radius 3 is 2.81 bits per heavy atom. The van der Waals surface area contributed by atoms with E-state index in [2.05, 4.69) is 22.1 Å². The number of amides is 2. The molecule has 0 bridgehead atoms. The minimum Gasteiger partial charge on any atom is -0.342 e. The lowest BCUT2D eigenvalue weighted by atomic mass is 9.93. The third-order valence-corrected chi connectivity index (χ3v) is 5.46. The van der Waals surface area contributed by atoms with Crippen LogP contribution < -0.4 is 5.32 Å². The number of nitrogens with zero attached hydrogens (tertiary/aromatic N) is 1. The van der Waals surface area contributed by atoms with E-state index in [0.717, 1.165) is 19.3 Å². The Kier molecular flexibility index (Phi) is 3.78. The van der Waals surface area contributed by atoms with E-state index in [-0.39, 0.29) is 17.9 Å². The summed E-state index contributed by atoms with van der Waals surface area (Å²) in [7, 11) is 0. The predicted octanol–water partition coefficient (Wildman–Crippen LogP) is 2.20. The predicted molar refractivity (Wildman–Crippen MR) is 83.1 cm³/mol. The van der Waals surface area contributed by atoms with Crippen molar-refractivity contribution in [2.75, 3.05) is 6.54 Å². The van der Waals surface area contributed by atoms with E-state index in [9.17, 15) is 9.59 Å². The maximum Gasteiger partial charge on any atom is 0.248 e. The van der Waals surface area contributed by atoms with Gasteiger partial charge in [0.15, 0.2) is 0 Å². The second-order valence-corrected chi connectivity index (χ2v) is 7.24. The van der Waals surface area contributed by atoms with Gasteiger partial charge in [0.05, 0.1) is 0 Å². The summed E-state index contributed by atoms with van der Waals surface area (Å²) >= 11 is 1.68. The first-order chi connectivity index (χ1) is 10.0. The topological polar surface area (TPSA) is 49.4 Å². The molecule has 2 aliphatic rings. The molecule has 5 heteroatoms. The standard InChI is InChI=1S/C16H22N2O2S/c1-11-9-14(19)17-16(2,13-3-4-13)15(20)18(11)7-5-12-6-8-21-10-12/h6,8,10-11,13H,3-5,7,9H2,1-2H3,(H,17,19). The molecule has 2 heterocycles. The summed E-state index contributed by atoms with van der Waals surface area (Å²) in [6, 6.07) is 2.07. The Morgan fingerprint density at radius 1 is 1.43 bits per heavy atom. The number of hydrogen-bond acceptors (Lipinski definition) is 3. The molecule has 4 nitrogen and oxygen atoms in total. The Morgan fingerprint density at radius 2 is 2.19 bits per heavy atom. The number of nitrogens with one attached hydrogen (secondary N) is 1. The molecule has 0 radical (unpaired) electrons. The highest BCUT2D eigenvalue weighted by atomic mass is 32.1. The van der Waals surface area contributed by atoms with Crippen LogP contribution in [0.25, 0.3) is 0 Å². The van der Waals surface area contributed by atoms with Crippen LogP contribution in [0.5, 0.6) is 0 Å². The third kappa shape index (κ3) is 2.84. The highest BCUT2D eigenvalue weighted by molar-refractivity contribution is 7.07. The van der Waals surface area contributed by atoms with E-state index in [1.54, 1.807) is 11.3 Å². The number of carbonyl (C=O) groups excluding carboxylic acids is 2. The van der Waals surface area contributed by atoms with E-state index < -0.39 is 5.54 Å². The zero-order valence-electron chi connectivity index (χ0n) is 12.6. The molecule has 2 unspecified atom stereocenters. The lowest BCUT2D eigenvalue weighted by molar-refractivity contribution is -0.140. The van der Waals surface area contributed by atoms with Crippen molar-refractivity contribution in [2.45, 2.75) is 51.1 Å². The van der Waals surface area contributed by atoms with Gasteiger partial charge in [-0.25, -0.2) is 0 Å². The van der Waals surface area contributed by atoms with Crippen LogP contribution >= 0.6 is 11.3 Å². The molecule has 1 saturated carbocycles. The van der Waals surface area contributed by atoms with E-state index in [1.807, 2.05) is 18.7 Å². The van der Waals surface area contributed by atoms with Gasteiger partial charge in [0.1, 0.15) is 5.54 Å². The fourth-order valence-corrected chi connectivity index (χ4v) is 3.92. The van der Waals surface area contributed by atoms with E-state index >= 15 is 0 Å². The van der Waals surface area contributed by atoms with Gasteiger partial charge in [-0.05, 0) is 61.4 Å². The first kappa shape index (κ1) is 14.6. The largest absolute Gasteiger partial charge is 0.342 e. The zero-order valence-corrected chi connectivity index (χ0v) is 13.4. The van der Waals surface area contributed by atoms with Crippen molar-refractivity contribution in [3.63, 3.8) is 0 Å². The normalized spacial score (nSPS) is 30.2. The number of hydrogen-bond donors (Lipinski definition) is 1. The maximum absolute atomic E-state index is 13.0. The average molecular weight is 306 g/mol. The molecule has 0 aromatic carbocycles. The van der Waals surface area contributed by atoms with Gasteiger partial charge in [-0.1, -0.05) is 0 Å². The summed E-state index contributed by atoms with van der Waals surface area (Å²) < 4.78 is 0. The summed E-state index contributed by atoms with van der Waals surface area (Å²) in [5.74, 6) is 0.407. The summed E-state index contributed by atoms with van der Waals surface area (Å²) in [4.78, 5) is 27.0. The first-order valence-corrected chi connectivity index (χ1v) is 8.58. The van der Waals surface area contributed by atoms with Crippen LogP contribution in [-0.2, 0) is 16.0 Å². The van der Waals surface area contributed by atoms with Crippen molar-refractivity contribution in [1.82, 2.24) is 10.2 Å². The van der Waals surface area contributed by atoms with Crippen molar-refractivity contribution < 1.29 is 9.59 Å². The molecule has 0 spiro atoms. The highest BCUT2D eigenvalue weighted by Crippen LogP contribution is 2.41. The van der Waals surface area contributed by atoms with Crippen molar-refractivity contribution in [3.05, 3.63) is 22.4 Å². The molecule has 21 heavy (non-hydrogen) atoms. The van der Waals surface area contributed by atoms with Crippen LogP contribution in [0.2, 0.25) is 0 Å². The Bertz CT molecular complexity index is 538. The Labute approximate surface area is 129 Å². The second-order valence-electron chi connectivity index (χ2n) is 6.46. The van der Waals surface area contributed by atoms with Gasteiger partial charge in [0.2, 0.25) is 11.8 Å². The van der Waals surface area contributed by atoms with E-state index in [4.69, 9.17) is 0 Å². The molecule has 1 saturated heterocycles. The maximum atomic E-state index is 13.0. The monoisotopic (exact) mass is 306 g/mol. The Balaban J connectivity index is 1.78. The van der Waals surface area contributed by atoms with Gasteiger partial charge >= 0.3 is 0 Å². The van der Waals surface area contributed by atoms with E-state index in [1.165, 1.54) is 5.56 Å². The number of thiophene rings is 1. The molecule has 3 rings (SSSR count). The van der Waals surface area contributed by atoms with Crippen LogP contribution in [0.3, 0.4) is 0 Å². The molecule has 2 amide bonds. The summed E-state index contributed by atoms with van der Waals surface area (Å²) in [5.41, 5.74) is 0.563. The molecular formula is C16H22N2O2S. The second kappa shape index (κ2) is 5.44.